The van der Waals surface area contributed by atoms with Gasteiger partial charge in [-0.2, -0.15) is 0 Å². The number of allylic oxidation sites excluding steroid dienone is 1. The van der Waals surface area contributed by atoms with E-state index in [4.69, 9.17) is 4.74 Å². The van der Waals surface area contributed by atoms with Crippen LogP contribution >= 0.6 is 0 Å². The zero-order valence-electron chi connectivity index (χ0n) is 12.5. The highest BCUT2D eigenvalue weighted by Gasteiger charge is 2.16. The standard InChI is InChI=1S/C18H17NO3/c1-14(20)22-17(18(21)15-9-5-3-6-10-15)13-19(2)16-11-7-4-8-12-16/h3-13H,1-2H3/b17-13-. The molecule has 4 nitrogen and oxygen atoms in total. The first kappa shape index (κ1) is 15.5. The van der Waals surface area contributed by atoms with Crippen LogP contribution in [0.2, 0.25) is 0 Å². The lowest BCUT2D eigenvalue weighted by Gasteiger charge is -2.16. The number of carbonyl (C=O) groups excluding carboxylic acids is 2. The van der Waals surface area contributed by atoms with Crippen LogP contribution in [0.1, 0.15) is 17.3 Å². The Morgan fingerprint density at radius 1 is 0.955 bits per heavy atom. The van der Waals surface area contributed by atoms with Gasteiger partial charge in [-0.1, -0.05) is 48.5 Å². The number of para-hydroxylation sites is 1. The van der Waals surface area contributed by atoms with Crippen molar-refractivity contribution in [2.75, 3.05) is 11.9 Å². The first-order valence-corrected chi connectivity index (χ1v) is 6.86. The Hall–Kier alpha value is -2.88. The number of ether oxygens (including phenoxy) is 1. The van der Waals surface area contributed by atoms with E-state index in [9.17, 15) is 9.59 Å². The summed E-state index contributed by atoms with van der Waals surface area (Å²) in [5.74, 6) is -0.874. The summed E-state index contributed by atoms with van der Waals surface area (Å²) in [5, 5.41) is 0. The first-order chi connectivity index (χ1) is 10.6. The van der Waals surface area contributed by atoms with Gasteiger partial charge >= 0.3 is 5.97 Å². The van der Waals surface area contributed by atoms with Crippen LogP contribution in [0.25, 0.3) is 0 Å². The molecule has 0 radical (unpaired) electrons. The van der Waals surface area contributed by atoms with Crippen LogP contribution in [0.5, 0.6) is 0 Å². The summed E-state index contributed by atoms with van der Waals surface area (Å²) in [6, 6.07) is 18.2. The van der Waals surface area contributed by atoms with E-state index in [0.717, 1.165) is 5.69 Å². The Bertz CT molecular complexity index is 678. The fourth-order valence-corrected chi connectivity index (χ4v) is 1.93. The highest BCUT2D eigenvalue weighted by atomic mass is 16.5. The van der Waals surface area contributed by atoms with Gasteiger partial charge < -0.3 is 9.64 Å². The number of hydrogen-bond acceptors (Lipinski definition) is 4. The van der Waals surface area contributed by atoms with Crippen LogP contribution in [0.3, 0.4) is 0 Å². The van der Waals surface area contributed by atoms with Crippen molar-refractivity contribution in [1.29, 1.82) is 0 Å². The van der Waals surface area contributed by atoms with E-state index in [2.05, 4.69) is 0 Å². The second-order valence-electron chi connectivity index (χ2n) is 4.73. The summed E-state index contributed by atoms with van der Waals surface area (Å²) in [4.78, 5) is 25.5. The van der Waals surface area contributed by atoms with E-state index in [1.807, 2.05) is 36.4 Å². The molecule has 0 atom stereocenters. The predicted molar refractivity (Wildman–Crippen MR) is 85.5 cm³/mol. The number of anilines is 1. The Kier molecular flexibility index (Phi) is 5.09. The second kappa shape index (κ2) is 7.22. The quantitative estimate of drug-likeness (QED) is 0.367. The van der Waals surface area contributed by atoms with Crippen LogP contribution in [0.15, 0.2) is 72.6 Å². The van der Waals surface area contributed by atoms with Crippen molar-refractivity contribution in [3.8, 4) is 0 Å². The smallest absolute Gasteiger partial charge is 0.308 e. The van der Waals surface area contributed by atoms with Gasteiger partial charge in [0.25, 0.3) is 0 Å². The molecule has 4 heteroatoms. The van der Waals surface area contributed by atoms with Gasteiger partial charge in [-0.3, -0.25) is 9.59 Å². The van der Waals surface area contributed by atoms with Crippen LogP contribution < -0.4 is 4.90 Å². The Morgan fingerprint density at radius 2 is 1.50 bits per heavy atom. The number of rotatable bonds is 5. The monoisotopic (exact) mass is 295 g/mol. The highest BCUT2D eigenvalue weighted by molar-refractivity contribution is 6.08. The van der Waals surface area contributed by atoms with E-state index >= 15 is 0 Å². The van der Waals surface area contributed by atoms with E-state index < -0.39 is 5.97 Å². The summed E-state index contributed by atoms with van der Waals surface area (Å²) >= 11 is 0. The normalized spacial score (nSPS) is 10.9. The van der Waals surface area contributed by atoms with Gasteiger partial charge in [0.2, 0.25) is 5.78 Å². The third-order valence-corrected chi connectivity index (χ3v) is 2.99. The first-order valence-electron chi connectivity index (χ1n) is 6.86. The molecule has 0 amide bonds. The molecule has 22 heavy (non-hydrogen) atoms. The Morgan fingerprint density at radius 3 is 2.05 bits per heavy atom. The second-order valence-corrected chi connectivity index (χ2v) is 4.73. The lowest BCUT2D eigenvalue weighted by Crippen LogP contribution is -2.16. The van der Waals surface area contributed by atoms with Crippen molar-refractivity contribution in [2.45, 2.75) is 6.92 Å². The minimum Gasteiger partial charge on any atom is -0.421 e. The van der Waals surface area contributed by atoms with Crippen LogP contribution in [-0.4, -0.2) is 18.8 Å². The summed E-state index contributed by atoms with van der Waals surface area (Å²) in [6.07, 6.45) is 1.52. The van der Waals surface area contributed by atoms with Gasteiger partial charge in [0.05, 0.1) is 6.20 Å². The molecule has 0 aromatic heterocycles. The van der Waals surface area contributed by atoms with Gasteiger partial charge in [0.15, 0.2) is 5.76 Å². The SMILES string of the molecule is CC(=O)O/C(=C\N(C)c1ccccc1)C(=O)c1ccccc1. The van der Waals surface area contributed by atoms with Crippen molar-refractivity contribution in [3.63, 3.8) is 0 Å². The summed E-state index contributed by atoms with van der Waals surface area (Å²) in [7, 11) is 1.79. The van der Waals surface area contributed by atoms with Crippen molar-refractivity contribution in [3.05, 3.63) is 78.2 Å². The number of carbonyl (C=O) groups is 2. The van der Waals surface area contributed by atoms with Crippen molar-refractivity contribution >= 4 is 17.4 Å². The molecule has 0 unspecified atom stereocenters. The average Bonchev–Trinajstić information content (AvgIpc) is 2.54. The summed E-state index contributed by atoms with van der Waals surface area (Å²) in [5.41, 5.74) is 1.35. The molecule has 0 aliphatic rings. The lowest BCUT2D eigenvalue weighted by molar-refractivity contribution is -0.136. The fourth-order valence-electron chi connectivity index (χ4n) is 1.93. The molecule has 2 aromatic rings. The van der Waals surface area contributed by atoms with Crippen molar-refractivity contribution < 1.29 is 14.3 Å². The third-order valence-electron chi connectivity index (χ3n) is 2.99. The Labute approximate surface area is 129 Å². The van der Waals surface area contributed by atoms with Crippen molar-refractivity contribution in [1.82, 2.24) is 0 Å². The summed E-state index contributed by atoms with van der Waals surface area (Å²) < 4.78 is 5.09. The minimum absolute atomic E-state index is 0.00921. The molecule has 0 N–H and O–H groups in total. The molecule has 0 bridgehead atoms. The molecule has 0 heterocycles. The maximum atomic E-state index is 12.5. The average molecular weight is 295 g/mol. The maximum Gasteiger partial charge on any atom is 0.308 e. The van der Waals surface area contributed by atoms with Crippen molar-refractivity contribution in [2.24, 2.45) is 0 Å². The topological polar surface area (TPSA) is 46.6 Å². The summed E-state index contributed by atoms with van der Waals surface area (Å²) in [6.45, 7) is 1.27. The van der Waals surface area contributed by atoms with Gasteiger partial charge in [0.1, 0.15) is 0 Å². The number of hydrogen-bond donors (Lipinski definition) is 0. The molecule has 0 saturated heterocycles. The predicted octanol–water partition coefficient (Wildman–Crippen LogP) is 3.41. The van der Waals surface area contributed by atoms with E-state index in [-0.39, 0.29) is 11.5 Å². The number of Topliss-reactive ketones (excluding diaryl/α,β-unsaturated/α-hetero) is 1. The minimum atomic E-state index is -0.531. The lowest BCUT2D eigenvalue weighted by atomic mass is 10.1. The van der Waals surface area contributed by atoms with Crippen LogP contribution in [0, 0.1) is 0 Å². The molecule has 0 spiro atoms. The molecule has 2 aromatic carbocycles. The third kappa shape index (κ3) is 4.06. The molecule has 2 rings (SSSR count). The molecular weight excluding hydrogens is 278 g/mol. The van der Waals surface area contributed by atoms with E-state index in [1.54, 1.807) is 36.2 Å². The molecule has 0 saturated carbocycles. The van der Waals surface area contributed by atoms with E-state index in [0.29, 0.717) is 5.56 Å². The molecule has 112 valence electrons. The Balaban J connectivity index is 2.31. The van der Waals surface area contributed by atoms with Crippen LogP contribution in [-0.2, 0) is 9.53 Å². The van der Waals surface area contributed by atoms with Gasteiger partial charge in [-0.15, -0.1) is 0 Å². The molecule has 0 aliphatic carbocycles. The fraction of sp³-hybridized carbons (Fsp3) is 0.111. The van der Waals surface area contributed by atoms with E-state index in [1.165, 1.54) is 13.1 Å². The van der Waals surface area contributed by atoms with Gasteiger partial charge in [-0.25, -0.2) is 0 Å². The number of nitrogens with zero attached hydrogens (tertiary/aromatic N) is 1. The molecule has 0 aliphatic heterocycles. The zero-order valence-corrected chi connectivity index (χ0v) is 12.5. The molecular formula is C18H17NO3. The number of benzene rings is 2. The number of ketones is 1. The zero-order chi connectivity index (χ0) is 15.9. The van der Waals surface area contributed by atoms with Gasteiger partial charge in [-0.05, 0) is 12.1 Å². The largest absolute Gasteiger partial charge is 0.421 e. The van der Waals surface area contributed by atoms with Gasteiger partial charge in [0, 0.05) is 25.2 Å². The van der Waals surface area contributed by atoms with Crippen LogP contribution in [0.4, 0.5) is 5.69 Å². The highest BCUT2D eigenvalue weighted by Crippen LogP contribution is 2.16. The number of esters is 1. The molecule has 0 fully saturated rings. The maximum absolute atomic E-state index is 12.5.